The monoisotopic (exact) mass is 458 g/mol. The Labute approximate surface area is 185 Å². The van der Waals surface area contributed by atoms with Gasteiger partial charge in [0.05, 0.1) is 16.8 Å². The van der Waals surface area contributed by atoms with E-state index in [9.17, 15) is 12.8 Å². The van der Waals surface area contributed by atoms with Crippen molar-refractivity contribution in [2.45, 2.75) is 30.6 Å². The van der Waals surface area contributed by atoms with Crippen molar-refractivity contribution in [3.05, 3.63) is 65.3 Å². The van der Waals surface area contributed by atoms with Gasteiger partial charge in [-0.15, -0.1) is 11.3 Å². The van der Waals surface area contributed by atoms with E-state index in [2.05, 4.69) is 15.5 Å². The minimum atomic E-state index is -3.52. The van der Waals surface area contributed by atoms with E-state index in [0.717, 1.165) is 31.2 Å². The third-order valence-electron chi connectivity index (χ3n) is 5.11. The van der Waals surface area contributed by atoms with E-state index < -0.39 is 10.0 Å². The molecular weight excluding hydrogens is 435 g/mol. The molecule has 0 saturated carbocycles. The zero-order chi connectivity index (χ0) is 21.7. The Hall–Kier alpha value is -2.62. The third kappa shape index (κ3) is 5.17. The van der Waals surface area contributed by atoms with Crippen molar-refractivity contribution in [1.82, 2.24) is 9.29 Å². The number of nitrogens with one attached hydrogen (secondary N) is 1. The zero-order valence-corrected chi connectivity index (χ0v) is 18.5. The average molecular weight is 459 g/mol. The van der Waals surface area contributed by atoms with E-state index in [-0.39, 0.29) is 10.7 Å². The number of aromatic nitrogens is 1. The first-order valence-electron chi connectivity index (χ1n) is 10.1. The molecule has 2 heterocycles. The quantitative estimate of drug-likeness (QED) is 0.419. The number of halogens is 1. The fourth-order valence-electron chi connectivity index (χ4n) is 3.44. The Balaban J connectivity index is 1.49. The topological polar surface area (TPSA) is 74.7 Å². The molecule has 1 aliphatic heterocycles. The molecule has 0 spiro atoms. The highest BCUT2D eigenvalue weighted by Crippen LogP contribution is 2.28. The van der Waals surface area contributed by atoms with Crippen LogP contribution in [0.25, 0.3) is 11.3 Å². The van der Waals surface area contributed by atoms with Crippen LogP contribution < -0.4 is 5.43 Å². The van der Waals surface area contributed by atoms with Crippen LogP contribution in [-0.2, 0) is 10.0 Å². The lowest BCUT2D eigenvalue weighted by Crippen LogP contribution is -2.31. The highest BCUT2D eigenvalue weighted by atomic mass is 32.2. The number of rotatable bonds is 6. The van der Waals surface area contributed by atoms with Crippen molar-refractivity contribution >= 4 is 32.7 Å². The van der Waals surface area contributed by atoms with Gasteiger partial charge in [0, 0.05) is 29.6 Å². The van der Waals surface area contributed by atoms with E-state index in [1.807, 2.05) is 11.4 Å². The van der Waals surface area contributed by atoms with Gasteiger partial charge in [-0.05, 0) is 31.0 Å². The SMILES string of the molecule is O=S(=O)(c1cccc(-c2csc(NN=Cc3ccccc3F)n2)c1)N1CCCCCC1. The summed E-state index contributed by atoms with van der Waals surface area (Å²) in [5, 5.41) is 6.40. The van der Waals surface area contributed by atoms with Crippen molar-refractivity contribution in [3.63, 3.8) is 0 Å². The molecule has 162 valence electrons. The lowest BCUT2D eigenvalue weighted by molar-refractivity contribution is 0.424. The Kier molecular flexibility index (Phi) is 6.74. The van der Waals surface area contributed by atoms with Crippen molar-refractivity contribution in [2.75, 3.05) is 18.5 Å². The summed E-state index contributed by atoms with van der Waals surface area (Å²) in [6.45, 7) is 1.13. The summed E-state index contributed by atoms with van der Waals surface area (Å²) in [6, 6.07) is 13.2. The number of sulfonamides is 1. The normalized spacial score (nSPS) is 15.8. The summed E-state index contributed by atoms with van der Waals surface area (Å²) >= 11 is 1.34. The molecule has 0 radical (unpaired) electrons. The standard InChI is InChI=1S/C22H23FN4O2S2/c23-20-11-4-3-8-18(20)15-24-26-22-25-21(16-30-22)17-9-7-10-19(14-17)31(28,29)27-12-5-1-2-6-13-27/h3-4,7-11,14-16H,1-2,5-6,12-13H2,(H,25,26). The van der Waals surface area contributed by atoms with Gasteiger partial charge in [0.25, 0.3) is 0 Å². The Morgan fingerprint density at radius 3 is 2.61 bits per heavy atom. The van der Waals surface area contributed by atoms with E-state index in [0.29, 0.717) is 29.5 Å². The van der Waals surface area contributed by atoms with Gasteiger partial charge in [0.15, 0.2) is 0 Å². The number of hydrogen-bond acceptors (Lipinski definition) is 6. The molecule has 0 aliphatic carbocycles. The third-order valence-corrected chi connectivity index (χ3v) is 7.75. The molecule has 4 rings (SSSR count). The van der Waals surface area contributed by atoms with Gasteiger partial charge < -0.3 is 0 Å². The first-order chi connectivity index (χ1) is 15.0. The number of anilines is 1. The molecule has 6 nitrogen and oxygen atoms in total. The molecule has 1 aliphatic rings. The van der Waals surface area contributed by atoms with Crippen LogP contribution in [0.2, 0.25) is 0 Å². The summed E-state index contributed by atoms with van der Waals surface area (Å²) in [5.74, 6) is -0.352. The van der Waals surface area contributed by atoms with E-state index >= 15 is 0 Å². The molecule has 9 heteroatoms. The first-order valence-corrected chi connectivity index (χ1v) is 12.5. The van der Waals surface area contributed by atoms with E-state index in [1.54, 1.807) is 40.7 Å². The van der Waals surface area contributed by atoms with Crippen LogP contribution in [0.3, 0.4) is 0 Å². The molecule has 2 aromatic carbocycles. The first kappa shape index (κ1) is 21.6. The minimum Gasteiger partial charge on any atom is -0.253 e. The maximum Gasteiger partial charge on any atom is 0.243 e. The largest absolute Gasteiger partial charge is 0.253 e. The summed E-state index contributed by atoms with van der Waals surface area (Å²) in [5.41, 5.74) is 4.55. The summed E-state index contributed by atoms with van der Waals surface area (Å²) < 4.78 is 41.4. The number of thiazole rings is 1. The van der Waals surface area contributed by atoms with Gasteiger partial charge in [0.1, 0.15) is 5.82 Å². The second-order valence-electron chi connectivity index (χ2n) is 7.28. The predicted octanol–water partition coefficient (Wildman–Crippen LogP) is 4.96. The molecular formula is C22H23FN4O2S2. The minimum absolute atomic E-state index is 0.284. The molecule has 0 amide bonds. The van der Waals surface area contributed by atoms with Gasteiger partial charge in [0.2, 0.25) is 15.2 Å². The number of benzene rings is 2. The maximum absolute atomic E-state index is 13.6. The van der Waals surface area contributed by atoms with Gasteiger partial charge >= 0.3 is 0 Å². The number of nitrogens with zero attached hydrogens (tertiary/aromatic N) is 3. The lowest BCUT2D eigenvalue weighted by atomic mass is 10.2. The summed E-state index contributed by atoms with van der Waals surface area (Å²) in [6.07, 6.45) is 5.33. The van der Waals surface area contributed by atoms with E-state index in [4.69, 9.17) is 0 Å². The molecule has 1 N–H and O–H groups in total. The van der Waals surface area contributed by atoms with Crippen LogP contribution in [0.4, 0.5) is 9.52 Å². The zero-order valence-electron chi connectivity index (χ0n) is 16.9. The lowest BCUT2D eigenvalue weighted by Gasteiger charge is -2.20. The second kappa shape index (κ2) is 9.67. The molecule has 1 fully saturated rings. The van der Waals surface area contributed by atoms with Crippen molar-refractivity contribution < 1.29 is 12.8 Å². The van der Waals surface area contributed by atoms with Crippen molar-refractivity contribution in [2.24, 2.45) is 5.10 Å². The highest BCUT2D eigenvalue weighted by Gasteiger charge is 2.25. The Bertz CT molecular complexity index is 1170. The smallest absolute Gasteiger partial charge is 0.243 e. The molecule has 0 unspecified atom stereocenters. The van der Waals surface area contributed by atoms with Gasteiger partial charge in [-0.3, -0.25) is 5.43 Å². The molecule has 1 aromatic heterocycles. The summed E-state index contributed by atoms with van der Waals surface area (Å²) in [7, 11) is -3.52. The number of hydrogen-bond donors (Lipinski definition) is 1. The molecule has 3 aromatic rings. The van der Waals surface area contributed by atoms with Crippen molar-refractivity contribution in [1.29, 1.82) is 0 Å². The van der Waals surface area contributed by atoms with Crippen LogP contribution in [-0.4, -0.2) is 37.0 Å². The second-order valence-corrected chi connectivity index (χ2v) is 10.1. The van der Waals surface area contributed by atoms with Gasteiger partial charge in [-0.25, -0.2) is 17.8 Å². The molecule has 1 saturated heterocycles. The van der Waals surface area contributed by atoms with Gasteiger partial charge in [-0.2, -0.15) is 9.41 Å². The van der Waals surface area contributed by atoms with Crippen LogP contribution in [0.1, 0.15) is 31.2 Å². The predicted molar refractivity (Wildman–Crippen MR) is 122 cm³/mol. The fraction of sp³-hybridized carbons (Fsp3) is 0.273. The molecule has 0 atom stereocenters. The molecule has 0 bridgehead atoms. The van der Waals surface area contributed by atoms with Crippen LogP contribution in [0.5, 0.6) is 0 Å². The Morgan fingerprint density at radius 2 is 1.84 bits per heavy atom. The van der Waals surface area contributed by atoms with Gasteiger partial charge in [-0.1, -0.05) is 43.2 Å². The van der Waals surface area contributed by atoms with Crippen LogP contribution in [0.15, 0.2) is 63.9 Å². The highest BCUT2D eigenvalue weighted by molar-refractivity contribution is 7.89. The fourth-order valence-corrected chi connectivity index (χ4v) is 5.67. The number of hydrazone groups is 1. The maximum atomic E-state index is 13.6. The van der Waals surface area contributed by atoms with Crippen LogP contribution in [0, 0.1) is 5.82 Å². The van der Waals surface area contributed by atoms with E-state index in [1.165, 1.54) is 23.6 Å². The Morgan fingerprint density at radius 1 is 1.06 bits per heavy atom. The summed E-state index contributed by atoms with van der Waals surface area (Å²) in [4.78, 5) is 4.76. The average Bonchev–Trinajstić information content (AvgIpc) is 3.07. The van der Waals surface area contributed by atoms with Crippen molar-refractivity contribution in [3.8, 4) is 11.3 Å². The molecule has 31 heavy (non-hydrogen) atoms. The van der Waals surface area contributed by atoms with Crippen LogP contribution >= 0.6 is 11.3 Å².